The van der Waals surface area contributed by atoms with Gasteiger partial charge in [-0.1, -0.05) is 48.5 Å². The first-order chi connectivity index (χ1) is 12.2. The molecule has 0 radical (unpaired) electrons. The zero-order valence-electron chi connectivity index (χ0n) is 14.4. The number of hydrogen-bond acceptors (Lipinski definition) is 3. The van der Waals surface area contributed by atoms with E-state index in [1.807, 2.05) is 42.5 Å². The van der Waals surface area contributed by atoms with Gasteiger partial charge < -0.3 is 10.1 Å². The Morgan fingerprint density at radius 3 is 2.32 bits per heavy atom. The summed E-state index contributed by atoms with van der Waals surface area (Å²) in [5.41, 5.74) is 2.64. The van der Waals surface area contributed by atoms with Crippen molar-refractivity contribution in [2.75, 3.05) is 7.11 Å². The molecule has 0 saturated carbocycles. The maximum absolute atomic E-state index is 12.4. The van der Waals surface area contributed by atoms with E-state index in [1.54, 1.807) is 18.2 Å². The molecule has 1 atom stereocenters. The van der Waals surface area contributed by atoms with Gasteiger partial charge in [0.15, 0.2) is 0 Å². The Labute approximate surface area is 148 Å². The molecule has 0 aliphatic heterocycles. The van der Waals surface area contributed by atoms with E-state index in [9.17, 15) is 9.59 Å². The molecular formula is C21H23NO3. The first-order valence-electron chi connectivity index (χ1n) is 8.30. The minimum Gasteiger partial charge on any atom is -0.467 e. The van der Waals surface area contributed by atoms with Gasteiger partial charge in [0.05, 0.1) is 7.11 Å². The summed E-state index contributed by atoms with van der Waals surface area (Å²) in [6.45, 7) is 3.66. The fraction of sp³-hybridized carbons (Fsp3) is 0.238. The number of nitrogens with one attached hydrogen (secondary N) is 1. The molecule has 0 aliphatic rings. The summed E-state index contributed by atoms with van der Waals surface area (Å²) in [6, 6.07) is 16.6. The van der Waals surface area contributed by atoms with Crippen LogP contribution in [0.4, 0.5) is 0 Å². The second kappa shape index (κ2) is 9.42. The van der Waals surface area contributed by atoms with Crippen molar-refractivity contribution >= 4 is 11.9 Å². The topological polar surface area (TPSA) is 55.4 Å². The highest BCUT2D eigenvalue weighted by atomic mass is 16.5. The summed E-state index contributed by atoms with van der Waals surface area (Å²) in [6.07, 6.45) is 3.86. The molecule has 2 rings (SSSR count). The molecule has 0 fully saturated rings. The van der Waals surface area contributed by atoms with Crippen LogP contribution in [-0.4, -0.2) is 25.0 Å². The number of benzene rings is 2. The third-order valence-electron chi connectivity index (χ3n) is 3.95. The third-order valence-corrected chi connectivity index (χ3v) is 3.95. The molecule has 0 bridgehead atoms. The molecule has 0 unspecified atom stereocenters. The number of rotatable bonds is 8. The number of hydrogen-bond donors (Lipinski definition) is 1. The number of carbonyl (C=O) groups excluding carboxylic acids is 2. The standard InChI is InChI=1S/C21H23NO3/c1-3-4-6-11-19(21(24)25-2)22-20(23)18-14-12-17(13-15-18)16-9-7-5-8-10-16/h3,5,7-10,12-15,19H,1,4,6,11H2,2H3,(H,22,23)/t19-/m0/s1. The Morgan fingerprint density at radius 1 is 1.08 bits per heavy atom. The van der Waals surface area contributed by atoms with Gasteiger partial charge in [-0.15, -0.1) is 6.58 Å². The highest BCUT2D eigenvalue weighted by molar-refractivity contribution is 5.97. The third kappa shape index (κ3) is 5.31. The van der Waals surface area contributed by atoms with Crippen LogP contribution in [0.2, 0.25) is 0 Å². The zero-order chi connectivity index (χ0) is 18.1. The fourth-order valence-corrected chi connectivity index (χ4v) is 2.54. The quantitative estimate of drug-likeness (QED) is 0.450. The van der Waals surface area contributed by atoms with E-state index in [0.29, 0.717) is 12.0 Å². The van der Waals surface area contributed by atoms with E-state index >= 15 is 0 Å². The zero-order valence-corrected chi connectivity index (χ0v) is 14.4. The van der Waals surface area contributed by atoms with Crippen molar-refractivity contribution in [1.82, 2.24) is 5.32 Å². The molecule has 0 heterocycles. The van der Waals surface area contributed by atoms with Gasteiger partial charge in [0, 0.05) is 5.56 Å². The van der Waals surface area contributed by atoms with Crippen LogP contribution in [0, 0.1) is 0 Å². The van der Waals surface area contributed by atoms with Crippen molar-refractivity contribution in [2.45, 2.75) is 25.3 Å². The van der Waals surface area contributed by atoms with Gasteiger partial charge in [0.25, 0.3) is 5.91 Å². The van der Waals surface area contributed by atoms with Gasteiger partial charge in [0.1, 0.15) is 6.04 Å². The van der Waals surface area contributed by atoms with E-state index in [2.05, 4.69) is 11.9 Å². The number of methoxy groups -OCH3 is 1. The predicted octanol–water partition coefficient (Wildman–Crippen LogP) is 3.98. The number of allylic oxidation sites excluding steroid dienone is 1. The van der Waals surface area contributed by atoms with E-state index in [-0.39, 0.29) is 5.91 Å². The summed E-state index contributed by atoms with van der Waals surface area (Å²) in [5, 5.41) is 2.75. The molecule has 2 aromatic rings. The maximum Gasteiger partial charge on any atom is 0.328 e. The Hall–Kier alpha value is -2.88. The van der Waals surface area contributed by atoms with Gasteiger partial charge in [-0.3, -0.25) is 4.79 Å². The van der Waals surface area contributed by atoms with Crippen LogP contribution in [0.5, 0.6) is 0 Å². The minimum atomic E-state index is -0.647. The smallest absolute Gasteiger partial charge is 0.328 e. The number of esters is 1. The second-order valence-electron chi connectivity index (χ2n) is 5.71. The lowest BCUT2D eigenvalue weighted by Crippen LogP contribution is -2.41. The summed E-state index contributed by atoms with van der Waals surface area (Å²) in [5.74, 6) is -0.716. The summed E-state index contributed by atoms with van der Waals surface area (Å²) < 4.78 is 4.78. The number of unbranched alkanes of at least 4 members (excludes halogenated alkanes) is 1. The van der Waals surface area contributed by atoms with E-state index in [4.69, 9.17) is 4.74 Å². The second-order valence-corrected chi connectivity index (χ2v) is 5.71. The predicted molar refractivity (Wildman–Crippen MR) is 99.2 cm³/mol. The lowest BCUT2D eigenvalue weighted by molar-refractivity contribution is -0.143. The molecule has 0 aromatic heterocycles. The van der Waals surface area contributed by atoms with Crippen LogP contribution in [0.1, 0.15) is 29.6 Å². The Morgan fingerprint density at radius 2 is 1.72 bits per heavy atom. The van der Waals surface area contributed by atoms with Crippen LogP contribution in [-0.2, 0) is 9.53 Å². The van der Waals surface area contributed by atoms with Crippen LogP contribution in [0.25, 0.3) is 11.1 Å². The highest BCUT2D eigenvalue weighted by Crippen LogP contribution is 2.19. The first-order valence-corrected chi connectivity index (χ1v) is 8.30. The molecular weight excluding hydrogens is 314 g/mol. The molecule has 0 aliphatic carbocycles. The Kier molecular flexibility index (Phi) is 6.96. The van der Waals surface area contributed by atoms with Crippen molar-refractivity contribution in [3.05, 3.63) is 72.8 Å². The van der Waals surface area contributed by atoms with Gasteiger partial charge in [-0.2, -0.15) is 0 Å². The lowest BCUT2D eigenvalue weighted by atomic mass is 10.0. The molecule has 0 saturated heterocycles. The summed E-state index contributed by atoms with van der Waals surface area (Å²) >= 11 is 0. The van der Waals surface area contributed by atoms with E-state index in [1.165, 1.54) is 7.11 Å². The minimum absolute atomic E-state index is 0.284. The van der Waals surface area contributed by atoms with E-state index in [0.717, 1.165) is 24.0 Å². The van der Waals surface area contributed by atoms with Crippen LogP contribution in [0.3, 0.4) is 0 Å². The van der Waals surface area contributed by atoms with Gasteiger partial charge in [0.2, 0.25) is 0 Å². The molecule has 1 amide bonds. The average Bonchev–Trinajstić information content (AvgIpc) is 2.67. The van der Waals surface area contributed by atoms with Crippen molar-refractivity contribution < 1.29 is 14.3 Å². The van der Waals surface area contributed by atoms with Gasteiger partial charge in [-0.05, 0) is 42.5 Å². The van der Waals surface area contributed by atoms with Gasteiger partial charge >= 0.3 is 5.97 Å². The Balaban J connectivity index is 2.05. The van der Waals surface area contributed by atoms with Crippen molar-refractivity contribution in [1.29, 1.82) is 0 Å². The monoisotopic (exact) mass is 337 g/mol. The van der Waals surface area contributed by atoms with Crippen molar-refractivity contribution in [3.8, 4) is 11.1 Å². The van der Waals surface area contributed by atoms with Crippen LogP contribution < -0.4 is 5.32 Å². The molecule has 4 nitrogen and oxygen atoms in total. The SMILES string of the molecule is C=CCCC[C@H](NC(=O)c1ccc(-c2ccccc2)cc1)C(=O)OC. The maximum atomic E-state index is 12.4. The van der Waals surface area contributed by atoms with Crippen LogP contribution >= 0.6 is 0 Å². The molecule has 25 heavy (non-hydrogen) atoms. The molecule has 4 heteroatoms. The molecule has 1 N–H and O–H groups in total. The van der Waals surface area contributed by atoms with E-state index < -0.39 is 12.0 Å². The normalized spacial score (nSPS) is 11.4. The average molecular weight is 337 g/mol. The Bertz CT molecular complexity index is 708. The summed E-state index contributed by atoms with van der Waals surface area (Å²) in [4.78, 5) is 24.3. The fourth-order valence-electron chi connectivity index (χ4n) is 2.54. The number of carbonyl (C=O) groups is 2. The van der Waals surface area contributed by atoms with Gasteiger partial charge in [-0.25, -0.2) is 4.79 Å². The highest BCUT2D eigenvalue weighted by Gasteiger charge is 2.21. The number of amides is 1. The molecule has 2 aromatic carbocycles. The first kappa shape index (κ1) is 18.5. The number of ether oxygens (including phenoxy) is 1. The molecule has 130 valence electrons. The molecule has 0 spiro atoms. The summed E-state index contributed by atoms with van der Waals surface area (Å²) in [7, 11) is 1.32. The van der Waals surface area contributed by atoms with Crippen LogP contribution in [0.15, 0.2) is 67.3 Å². The lowest BCUT2D eigenvalue weighted by Gasteiger charge is -2.16. The largest absolute Gasteiger partial charge is 0.467 e. The van der Waals surface area contributed by atoms with Crippen molar-refractivity contribution in [3.63, 3.8) is 0 Å². The van der Waals surface area contributed by atoms with Crippen molar-refractivity contribution in [2.24, 2.45) is 0 Å².